The maximum absolute atomic E-state index is 11.3. The van der Waals surface area contributed by atoms with E-state index < -0.39 is 11.5 Å². The fraction of sp³-hybridized carbons (Fsp3) is 0. The minimum Gasteiger partial charge on any atom is -0.365 e. The predicted molar refractivity (Wildman–Crippen MR) is 61.6 cm³/mol. The van der Waals surface area contributed by atoms with Gasteiger partial charge < -0.3 is 15.7 Å². The zero-order valence-electron chi connectivity index (χ0n) is 8.69. The molecule has 2 aromatic heterocycles. The van der Waals surface area contributed by atoms with Crippen molar-refractivity contribution in [2.45, 2.75) is 0 Å². The number of aromatic amines is 2. The molecule has 2 rings (SSSR count). The van der Waals surface area contributed by atoms with Crippen LogP contribution in [-0.2, 0) is 0 Å². The molecule has 6 nitrogen and oxygen atoms in total. The van der Waals surface area contributed by atoms with Crippen molar-refractivity contribution in [3.05, 3.63) is 56.9 Å². The van der Waals surface area contributed by atoms with Gasteiger partial charge in [0, 0.05) is 18.5 Å². The number of carbonyl (C=O) groups excluding carboxylic acids is 1. The van der Waals surface area contributed by atoms with E-state index in [2.05, 4.69) is 9.97 Å². The Hall–Kier alpha value is -2.63. The number of hydrogen-bond donors (Lipinski definition) is 3. The normalized spacial score (nSPS) is 10.1. The number of carbonyl (C=O) groups is 1. The Kier molecular flexibility index (Phi) is 2.61. The van der Waals surface area contributed by atoms with Crippen LogP contribution < -0.4 is 16.9 Å². The van der Waals surface area contributed by atoms with Gasteiger partial charge in [0.15, 0.2) is 0 Å². The van der Waals surface area contributed by atoms with Gasteiger partial charge in [-0.3, -0.25) is 14.4 Å². The van der Waals surface area contributed by atoms with Crippen molar-refractivity contribution in [3.63, 3.8) is 0 Å². The number of primary amides is 1. The van der Waals surface area contributed by atoms with Crippen LogP contribution in [0.4, 0.5) is 0 Å². The molecule has 0 bridgehead atoms. The van der Waals surface area contributed by atoms with E-state index in [1.807, 2.05) is 0 Å². The van der Waals surface area contributed by atoms with Gasteiger partial charge in [0.05, 0.1) is 0 Å². The summed E-state index contributed by atoms with van der Waals surface area (Å²) in [6.07, 6.45) is 2.90. The predicted octanol–water partition coefficient (Wildman–Crippen LogP) is -0.171. The van der Waals surface area contributed by atoms with Crippen LogP contribution in [0.3, 0.4) is 0 Å². The number of H-pyrrole nitrogens is 2. The van der Waals surface area contributed by atoms with Gasteiger partial charge in [0.1, 0.15) is 5.56 Å². The summed E-state index contributed by atoms with van der Waals surface area (Å²) >= 11 is 0. The largest absolute Gasteiger partial charge is 0.365 e. The number of nitrogens with one attached hydrogen (secondary N) is 2. The van der Waals surface area contributed by atoms with E-state index in [0.29, 0.717) is 11.1 Å². The Balaban J connectivity index is 2.62. The molecule has 0 saturated carbocycles. The Bertz CT molecular complexity index is 685. The highest BCUT2D eigenvalue weighted by Crippen LogP contribution is 2.15. The zero-order chi connectivity index (χ0) is 12.4. The number of amides is 1. The Morgan fingerprint density at radius 2 is 1.88 bits per heavy atom. The van der Waals surface area contributed by atoms with Crippen LogP contribution in [0, 0.1) is 0 Å². The molecule has 2 heterocycles. The van der Waals surface area contributed by atoms with Crippen LogP contribution in [0.2, 0.25) is 0 Å². The lowest BCUT2D eigenvalue weighted by atomic mass is 10.1. The number of pyridine rings is 2. The van der Waals surface area contributed by atoms with E-state index in [4.69, 9.17) is 5.73 Å². The van der Waals surface area contributed by atoms with Gasteiger partial charge >= 0.3 is 0 Å². The van der Waals surface area contributed by atoms with E-state index in [9.17, 15) is 14.4 Å². The molecule has 86 valence electrons. The molecule has 6 heteroatoms. The standard InChI is InChI=1S/C11H9N3O3/c12-10(16)8-3-7(5-14-11(8)17)6-1-2-13-9(15)4-6/h1-5H,(H2,12,16)(H,13,15)(H,14,17). The molecule has 0 aliphatic carbocycles. The third kappa shape index (κ3) is 2.15. The molecule has 0 saturated heterocycles. The molecule has 0 atom stereocenters. The summed E-state index contributed by atoms with van der Waals surface area (Å²) in [6.45, 7) is 0. The van der Waals surface area contributed by atoms with E-state index in [0.717, 1.165) is 0 Å². The van der Waals surface area contributed by atoms with Gasteiger partial charge in [0.25, 0.3) is 11.5 Å². The van der Waals surface area contributed by atoms with E-state index in [1.54, 1.807) is 6.07 Å². The van der Waals surface area contributed by atoms with E-state index in [-0.39, 0.29) is 11.1 Å². The molecule has 4 N–H and O–H groups in total. The fourth-order valence-corrected chi connectivity index (χ4v) is 1.46. The van der Waals surface area contributed by atoms with Crippen LogP contribution >= 0.6 is 0 Å². The highest BCUT2D eigenvalue weighted by Gasteiger charge is 2.08. The smallest absolute Gasteiger partial charge is 0.260 e. The molecule has 0 fully saturated rings. The van der Waals surface area contributed by atoms with Crippen molar-refractivity contribution in [2.24, 2.45) is 5.73 Å². The summed E-state index contributed by atoms with van der Waals surface area (Å²) in [4.78, 5) is 38.3. The zero-order valence-corrected chi connectivity index (χ0v) is 8.69. The highest BCUT2D eigenvalue weighted by molar-refractivity contribution is 5.93. The molecule has 0 aliphatic heterocycles. The van der Waals surface area contributed by atoms with E-state index in [1.165, 1.54) is 24.5 Å². The van der Waals surface area contributed by atoms with Crippen molar-refractivity contribution >= 4 is 5.91 Å². The summed E-state index contributed by atoms with van der Waals surface area (Å²) in [6, 6.07) is 4.37. The number of aromatic nitrogens is 2. The maximum Gasteiger partial charge on any atom is 0.260 e. The molecule has 0 aliphatic rings. The van der Waals surface area contributed by atoms with Crippen LogP contribution in [0.1, 0.15) is 10.4 Å². The van der Waals surface area contributed by atoms with Gasteiger partial charge in [0.2, 0.25) is 5.56 Å². The Morgan fingerprint density at radius 1 is 1.12 bits per heavy atom. The quantitative estimate of drug-likeness (QED) is 0.667. The van der Waals surface area contributed by atoms with Gasteiger partial charge in [-0.25, -0.2) is 0 Å². The second kappa shape index (κ2) is 4.09. The van der Waals surface area contributed by atoms with Crippen molar-refractivity contribution in [2.75, 3.05) is 0 Å². The van der Waals surface area contributed by atoms with Gasteiger partial charge in [-0.1, -0.05) is 0 Å². The van der Waals surface area contributed by atoms with Crippen LogP contribution in [-0.4, -0.2) is 15.9 Å². The molecule has 2 aromatic rings. The molecule has 0 unspecified atom stereocenters. The van der Waals surface area contributed by atoms with Gasteiger partial charge in [-0.2, -0.15) is 0 Å². The molecule has 0 spiro atoms. The number of rotatable bonds is 2. The first-order valence-corrected chi connectivity index (χ1v) is 4.79. The minimum absolute atomic E-state index is 0.136. The third-order valence-corrected chi connectivity index (χ3v) is 2.28. The summed E-state index contributed by atoms with van der Waals surface area (Å²) < 4.78 is 0. The summed E-state index contributed by atoms with van der Waals surface area (Å²) in [7, 11) is 0. The Labute approximate surface area is 95.1 Å². The van der Waals surface area contributed by atoms with Crippen molar-refractivity contribution in [3.8, 4) is 11.1 Å². The van der Waals surface area contributed by atoms with Crippen molar-refractivity contribution < 1.29 is 4.79 Å². The first kappa shape index (κ1) is 10.9. The third-order valence-electron chi connectivity index (χ3n) is 2.28. The van der Waals surface area contributed by atoms with Crippen LogP contribution in [0.25, 0.3) is 11.1 Å². The second-order valence-corrected chi connectivity index (χ2v) is 3.44. The second-order valence-electron chi connectivity index (χ2n) is 3.44. The Morgan fingerprint density at radius 3 is 2.53 bits per heavy atom. The SMILES string of the molecule is NC(=O)c1cc(-c2cc[nH]c(=O)c2)c[nH]c1=O. The van der Waals surface area contributed by atoms with Crippen molar-refractivity contribution in [1.82, 2.24) is 9.97 Å². The molecular weight excluding hydrogens is 222 g/mol. The van der Waals surface area contributed by atoms with Gasteiger partial charge in [-0.15, -0.1) is 0 Å². The lowest BCUT2D eigenvalue weighted by Crippen LogP contribution is -2.23. The van der Waals surface area contributed by atoms with E-state index >= 15 is 0 Å². The molecule has 0 aromatic carbocycles. The summed E-state index contributed by atoms with van der Waals surface area (Å²) in [5, 5.41) is 0. The first-order valence-electron chi connectivity index (χ1n) is 4.79. The molecular formula is C11H9N3O3. The average molecular weight is 231 g/mol. The van der Waals surface area contributed by atoms with Crippen LogP contribution in [0.5, 0.6) is 0 Å². The topological polar surface area (TPSA) is 109 Å². The number of nitrogens with two attached hydrogens (primary N) is 1. The monoisotopic (exact) mass is 231 g/mol. The maximum atomic E-state index is 11.3. The number of hydrogen-bond acceptors (Lipinski definition) is 3. The minimum atomic E-state index is -0.807. The molecule has 17 heavy (non-hydrogen) atoms. The molecule has 0 radical (unpaired) electrons. The summed E-state index contributed by atoms with van der Waals surface area (Å²) in [5.41, 5.74) is 5.25. The fourth-order valence-electron chi connectivity index (χ4n) is 1.46. The summed E-state index contributed by atoms with van der Waals surface area (Å²) in [5.74, 6) is -0.807. The highest BCUT2D eigenvalue weighted by atomic mass is 16.2. The lowest BCUT2D eigenvalue weighted by Gasteiger charge is -2.01. The van der Waals surface area contributed by atoms with Gasteiger partial charge in [-0.05, 0) is 23.3 Å². The lowest BCUT2D eigenvalue weighted by molar-refractivity contribution is 0.0999. The van der Waals surface area contributed by atoms with Crippen LogP contribution in [0.15, 0.2) is 40.2 Å². The first-order chi connectivity index (χ1) is 8.08. The molecule has 1 amide bonds. The van der Waals surface area contributed by atoms with Crippen molar-refractivity contribution in [1.29, 1.82) is 0 Å². The average Bonchev–Trinajstić information content (AvgIpc) is 2.29.